The van der Waals surface area contributed by atoms with Crippen LogP contribution in [0.15, 0.2) is 18.2 Å². The molecule has 1 aromatic carbocycles. The number of nitrogens with one attached hydrogen (secondary N) is 1. The van der Waals surface area contributed by atoms with E-state index in [1.165, 1.54) is 23.4 Å². The first-order valence-electron chi connectivity index (χ1n) is 5.81. The van der Waals surface area contributed by atoms with Gasteiger partial charge in [0, 0.05) is 19.6 Å². The second kappa shape index (κ2) is 4.13. The van der Waals surface area contributed by atoms with Gasteiger partial charge in [-0.2, -0.15) is 0 Å². The number of hydrogen-bond donors (Lipinski definition) is 1. The van der Waals surface area contributed by atoms with Gasteiger partial charge in [-0.1, -0.05) is 13.0 Å². The molecule has 0 spiro atoms. The summed E-state index contributed by atoms with van der Waals surface area (Å²) in [7, 11) is 2.18. The third kappa shape index (κ3) is 2.09. The summed E-state index contributed by atoms with van der Waals surface area (Å²) in [4.78, 5) is 2.35. The fourth-order valence-corrected chi connectivity index (χ4v) is 2.08. The molecule has 0 fully saturated rings. The normalized spacial score (nSPS) is 20.5. The monoisotopic (exact) mass is 204 g/mol. The zero-order chi connectivity index (χ0) is 10.8. The van der Waals surface area contributed by atoms with Crippen molar-refractivity contribution in [3.05, 3.63) is 23.8 Å². The van der Waals surface area contributed by atoms with Crippen LogP contribution in [-0.2, 0) is 6.42 Å². The molecule has 1 atom stereocenters. The fourth-order valence-electron chi connectivity index (χ4n) is 2.08. The Balaban J connectivity index is 2.39. The lowest BCUT2D eigenvalue weighted by molar-refractivity contribution is 0.711. The molecule has 1 unspecified atom stereocenters. The van der Waals surface area contributed by atoms with Gasteiger partial charge in [0.2, 0.25) is 0 Å². The van der Waals surface area contributed by atoms with Gasteiger partial charge >= 0.3 is 0 Å². The molecule has 0 saturated carbocycles. The number of anilines is 2. The van der Waals surface area contributed by atoms with Crippen molar-refractivity contribution in [2.24, 2.45) is 0 Å². The first-order chi connectivity index (χ1) is 7.20. The van der Waals surface area contributed by atoms with E-state index in [1.807, 2.05) is 0 Å². The Morgan fingerprint density at radius 1 is 1.47 bits per heavy atom. The first kappa shape index (κ1) is 10.3. The molecule has 1 aliphatic rings. The van der Waals surface area contributed by atoms with E-state index in [0.717, 1.165) is 13.0 Å². The molecule has 2 rings (SSSR count). The average molecular weight is 204 g/mol. The van der Waals surface area contributed by atoms with E-state index in [0.29, 0.717) is 6.04 Å². The minimum Gasteiger partial charge on any atom is -0.381 e. The van der Waals surface area contributed by atoms with Gasteiger partial charge in [0.15, 0.2) is 0 Å². The lowest BCUT2D eigenvalue weighted by Crippen LogP contribution is -2.20. The van der Waals surface area contributed by atoms with E-state index in [9.17, 15) is 0 Å². The van der Waals surface area contributed by atoms with E-state index in [-0.39, 0.29) is 0 Å². The molecule has 0 radical (unpaired) electrons. The highest BCUT2D eigenvalue weighted by atomic mass is 15.1. The van der Waals surface area contributed by atoms with Gasteiger partial charge < -0.3 is 10.2 Å². The number of benzene rings is 1. The minimum absolute atomic E-state index is 0.571. The standard InChI is InChI=1S/C13H20N2/c1-4-11-5-6-12-13(9-11)15(3)8-7-10(2)14-12/h5-6,9-10,14H,4,7-8H2,1-3H3. The van der Waals surface area contributed by atoms with E-state index < -0.39 is 0 Å². The van der Waals surface area contributed by atoms with Crippen LogP contribution in [0, 0.1) is 0 Å². The maximum atomic E-state index is 3.56. The van der Waals surface area contributed by atoms with Gasteiger partial charge in [-0.25, -0.2) is 0 Å². The number of nitrogens with zero attached hydrogens (tertiary/aromatic N) is 1. The van der Waals surface area contributed by atoms with Crippen molar-refractivity contribution >= 4 is 11.4 Å². The summed E-state index contributed by atoms with van der Waals surface area (Å²) in [5.41, 5.74) is 4.04. The van der Waals surface area contributed by atoms with Crippen LogP contribution >= 0.6 is 0 Å². The smallest absolute Gasteiger partial charge is 0.0602 e. The number of hydrogen-bond acceptors (Lipinski definition) is 2. The molecule has 1 aliphatic heterocycles. The maximum Gasteiger partial charge on any atom is 0.0602 e. The quantitative estimate of drug-likeness (QED) is 0.756. The Morgan fingerprint density at radius 3 is 3.00 bits per heavy atom. The van der Waals surface area contributed by atoms with Gasteiger partial charge in [-0.05, 0) is 37.5 Å². The van der Waals surface area contributed by atoms with Crippen molar-refractivity contribution in [3.8, 4) is 0 Å². The maximum absolute atomic E-state index is 3.56. The Kier molecular flexibility index (Phi) is 2.85. The van der Waals surface area contributed by atoms with Crippen LogP contribution in [0.3, 0.4) is 0 Å². The first-order valence-corrected chi connectivity index (χ1v) is 5.81. The number of fused-ring (bicyclic) bond motifs is 1. The summed E-state index contributed by atoms with van der Waals surface area (Å²) in [6.07, 6.45) is 2.31. The van der Waals surface area contributed by atoms with Gasteiger partial charge in [-0.3, -0.25) is 0 Å². The molecular weight excluding hydrogens is 184 g/mol. The van der Waals surface area contributed by atoms with Crippen LogP contribution in [0.2, 0.25) is 0 Å². The van der Waals surface area contributed by atoms with Crippen molar-refractivity contribution in [2.75, 3.05) is 23.8 Å². The molecule has 0 bridgehead atoms. The molecule has 2 nitrogen and oxygen atoms in total. The van der Waals surface area contributed by atoms with Crippen molar-refractivity contribution in [2.45, 2.75) is 32.7 Å². The van der Waals surface area contributed by atoms with Crippen LogP contribution in [-0.4, -0.2) is 19.6 Å². The van der Waals surface area contributed by atoms with Crippen molar-refractivity contribution in [3.63, 3.8) is 0 Å². The van der Waals surface area contributed by atoms with Crippen LogP contribution in [0.25, 0.3) is 0 Å². The molecule has 0 aliphatic carbocycles. The largest absolute Gasteiger partial charge is 0.381 e. The number of aryl methyl sites for hydroxylation is 1. The summed E-state index contributed by atoms with van der Waals surface area (Å²) in [5.74, 6) is 0. The number of rotatable bonds is 1. The third-order valence-corrected chi connectivity index (χ3v) is 3.18. The zero-order valence-electron chi connectivity index (χ0n) is 9.88. The molecule has 2 heteroatoms. The third-order valence-electron chi connectivity index (χ3n) is 3.18. The van der Waals surface area contributed by atoms with Crippen LogP contribution in [0.4, 0.5) is 11.4 Å². The van der Waals surface area contributed by atoms with Gasteiger partial charge in [-0.15, -0.1) is 0 Å². The van der Waals surface area contributed by atoms with Crippen LogP contribution < -0.4 is 10.2 Å². The highest BCUT2D eigenvalue weighted by molar-refractivity contribution is 5.71. The predicted octanol–water partition coefficient (Wildman–Crippen LogP) is 2.89. The summed E-state index contributed by atoms with van der Waals surface area (Å²) < 4.78 is 0. The van der Waals surface area contributed by atoms with E-state index >= 15 is 0 Å². The van der Waals surface area contributed by atoms with Gasteiger partial charge in [0.1, 0.15) is 0 Å². The van der Waals surface area contributed by atoms with E-state index in [1.54, 1.807) is 0 Å². The molecule has 15 heavy (non-hydrogen) atoms. The van der Waals surface area contributed by atoms with E-state index in [4.69, 9.17) is 0 Å². The van der Waals surface area contributed by atoms with E-state index in [2.05, 4.69) is 49.3 Å². The lowest BCUT2D eigenvalue weighted by Gasteiger charge is -2.19. The molecule has 0 amide bonds. The van der Waals surface area contributed by atoms with Crippen molar-refractivity contribution in [1.82, 2.24) is 0 Å². The minimum atomic E-state index is 0.571. The lowest BCUT2D eigenvalue weighted by atomic mass is 10.1. The predicted molar refractivity (Wildman–Crippen MR) is 66.8 cm³/mol. The molecule has 0 aromatic heterocycles. The Bertz CT molecular complexity index is 346. The molecular formula is C13H20N2. The highest BCUT2D eigenvalue weighted by Crippen LogP contribution is 2.30. The molecule has 0 saturated heterocycles. The SMILES string of the molecule is CCc1ccc2c(c1)N(C)CCC(C)N2. The molecule has 1 aromatic rings. The van der Waals surface area contributed by atoms with Crippen molar-refractivity contribution in [1.29, 1.82) is 0 Å². The fraction of sp³-hybridized carbons (Fsp3) is 0.538. The topological polar surface area (TPSA) is 15.3 Å². The highest BCUT2D eigenvalue weighted by Gasteiger charge is 2.15. The van der Waals surface area contributed by atoms with Gasteiger partial charge in [0.05, 0.1) is 11.4 Å². The Labute approximate surface area is 92.3 Å². The second-order valence-electron chi connectivity index (χ2n) is 4.46. The summed E-state index contributed by atoms with van der Waals surface area (Å²) >= 11 is 0. The molecule has 82 valence electrons. The molecule has 1 N–H and O–H groups in total. The molecule has 1 heterocycles. The Hall–Kier alpha value is -1.18. The Morgan fingerprint density at radius 2 is 2.27 bits per heavy atom. The zero-order valence-corrected chi connectivity index (χ0v) is 9.88. The van der Waals surface area contributed by atoms with Crippen LogP contribution in [0.1, 0.15) is 25.8 Å². The van der Waals surface area contributed by atoms with Crippen LogP contribution in [0.5, 0.6) is 0 Å². The summed E-state index contributed by atoms with van der Waals surface area (Å²) in [6, 6.07) is 7.31. The van der Waals surface area contributed by atoms with Crippen molar-refractivity contribution < 1.29 is 0 Å². The van der Waals surface area contributed by atoms with Gasteiger partial charge in [0.25, 0.3) is 0 Å². The summed E-state index contributed by atoms with van der Waals surface area (Å²) in [5, 5.41) is 3.56. The average Bonchev–Trinajstić information content (AvgIpc) is 2.39. The second-order valence-corrected chi connectivity index (χ2v) is 4.46. The summed E-state index contributed by atoms with van der Waals surface area (Å²) in [6.45, 7) is 5.58.